The van der Waals surface area contributed by atoms with Crippen molar-refractivity contribution in [3.05, 3.63) is 23.8 Å². The van der Waals surface area contributed by atoms with Gasteiger partial charge >= 0.3 is 15.6 Å². The number of aromatic hydroxyl groups is 2. The van der Waals surface area contributed by atoms with Crippen LogP contribution < -0.4 is 5.32 Å². The van der Waals surface area contributed by atoms with Gasteiger partial charge in [-0.3, -0.25) is 27.4 Å². The lowest BCUT2D eigenvalue weighted by Gasteiger charge is -2.24. The quantitative estimate of drug-likeness (QED) is 0.232. The van der Waals surface area contributed by atoms with E-state index in [1.54, 1.807) is 13.8 Å². The average molecular weight is 471 g/mol. The standard InChI is InChI=1S/C16H27NO11P2/c1-4-24-29(21,22)27-11-12(28-30(23,25-5-2)26-6-3)10-17-16(20)13-8-7-9-14(18)15(13)19/h7-9,12,18-19H,4-6,10-11H2,1-3H3,(H,17,20)(H,21,22). The maximum atomic E-state index is 12.6. The molecule has 0 aliphatic carbocycles. The van der Waals surface area contributed by atoms with E-state index in [4.69, 9.17) is 18.1 Å². The van der Waals surface area contributed by atoms with Crippen molar-refractivity contribution in [2.24, 2.45) is 0 Å². The molecule has 0 spiro atoms. The van der Waals surface area contributed by atoms with Crippen LogP contribution in [0, 0.1) is 0 Å². The number of carbonyl (C=O) groups excluding carboxylic acids is 1. The van der Waals surface area contributed by atoms with Crippen molar-refractivity contribution in [1.29, 1.82) is 0 Å². The Kier molecular flexibility index (Phi) is 11.0. The van der Waals surface area contributed by atoms with Gasteiger partial charge in [0, 0.05) is 6.54 Å². The highest BCUT2D eigenvalue weighted by molar-refractivity contribution is 7.48. The van der Waals surface area contributed by atoms with Crippen molar-refractivity contribution in [3.8, 4) is 11.5 Å². The monoisotopic (exact) mass is 471 g/mol. The molecule has 30 heavy (non-hydrogen) atoms. The lowest BCUT2D eigenvalue weighted by Crippen LogP contribution is -2.36. The van der Waals surface area contributed by atoms with E-state index in [1.165, 1.54) is 25.1 Å². The van der Waals surface area contributed by atoms with Gasteiger partial charge in [-0.15, -0.1) is 0 Å². The van der Waals surface area contributed by atoms with Crippen LogP contribution in [0.15, 0.2) is 18.2 Å². The van der Waals surface area contributed by atoms with Crippen LogP contribution in [0.3, 0.4) is 0 Å². The molecule has 1 aromatic rings. The molecule has 2 atom stereocenters. The Balaban J connectivity index is 2.93. The number of para-hydroxylation sites is 1. The summed E-state index contributed by atoms with van der Waals surface area (Å²) in [4.78, 5) is 21.9. The molecule has 1 aromatic carbocycles. The van der Waals surface area contributed by atoms with Gasteiger partial charge in [0.05, 0.1) is 32.0 Å². The molecule has 0 heterocycles. The SMILES string of the molecule is CCOP(=O)(O)OCC(CNC(=O)c1cccc(O)c1O)OP(=O)(OCC)OCC. The second kappa shape index (κ2) is 12.4. The highest BCUT2D eigenvalue weighted by Crippen LogP contribution is 2.51. The number of phosphoric acid groups is 2. The minimum absolute atomic E-state index is 0.00812. The molecule has 1 amide bonds. The molecule has 0 fully saturated rings. The normalized spacial score (nSPS) is 14.8. The molecule has 0 radical (unpaired) electrons. The van der Waals surface area contributed by atoms with Crippen molar-refractivity contribution >= 4 is 21.6 Å². The largest absolute Gasteiger partial charge is 0.504 e. The molecule has 0 aromatic heterocycles. The Morgan fingerprint density at radius 3 is 2.20 bits per heavy atom. The number of nitrogens with one attached hydrogen (secondary N) is 1. The number of hydrogen-bond acceptors (Lipinski definition) is 10. The fourth-order valence-corrected chi connectivity index (χ4v) is 4.20. The predicted molar refractivity (Wildman–Crippen MR) is 105 cm³/mol. The van der Waals surface area contributed by atoms with E-state index in [0.717, 1.165) is 0 Å². The summed E-state index contributed by atoms with van der Waals surface area (Å²) in [5, 5.41) is 21.7. The Bertz CT molecular complexity index is 778. The molecule has 0 aliphatic heterocycles. The number of phenolic OH excluding ortho intramolecular Hbond substituents is 2. The first-order valence-electron chi connectivity index (χ1n) is 9.06. The Morgan fingerprint density at radius 2 is 1.63 bits per heavy atom. The number of rotatable bonds is 14. The van der Waals surface area contributed by atoms with E-state index >= 15 is 0 Å². The number of amides is 1. The maximum absolute atomic E-state index is 12.6. The van der Waals surface area contributed by atoms with Crippen LogP contribution in [-0.2, 0) is 31.7 Å². The zero-order chi connectivity index (χ0) is 22.8. The van der Waals surface area contributed by atoms with Crippen molar-refractivity contribution < 1.29 is 51.6 Å². The number of phenols is 2. The van der Waals surface area contributed by atoms with E-state index in [0.29, 0.717) is 0 Å². The van der Waals surface area contributed by atoms with E-state index in [9.17, 15) is 29.0 Å². The van der Waals surface area contributed by atoms with Gasteiger partial charge in [-0.05, 0) is 32.9 Å². The van der Waals surface area contributed by atoms with Crippen LogP contribution in [-0.4, -0.2) is 60.1 Å². The van der Waals surface area contributed by atoms with Gasteiger partial charge in [0.1, 0.15) is 6.10 Å². The van der Waals surface area contributed by atoms with Gasteiger partial charge in [-0.2, -0.15) is 0 Å². The van der Waals surface area contributed by atoms with Crippen LogP contribution in [0.1, 0.15) is 31.1 Å². The number of carbonyl (C=O) groups is 1. The predicted octanol–water partition coefficient (Wildman–Crippen LogP) is 2.55. The summed E-state index contributed by atoms with van der Waals surface area (Å²) >= 11 is 0. The molecular weight excluding hydrogens is 444 g/mol. The highest BCUT2D eigenvalue weighted by atomic mass is 31.2. The number of phosphoric ester groups is 2. The van der Waals surface area contributed by atoms with E-state index in [2.05, 4.69) is 9.84 Å². The fraction of sp³-hybridized carbons (Fsp3) is 0.562. The molecule has 0 saturated carbocycles. The van der Waals surface area contributed by atoms with Gasteiger partial charge in [0.15, 0.2) is 11.5 Å². The fourth-order valence-electron chi connectivity index (χ4n) is 2.12. The molecule has 1 rings (SSSR count). The van der Waals surface area contributed by atoms with Gasteiger partial charge in [-0.1, -0.05) is 6.07 Å². The lowest BCUT2D eigenvalue weighted by atomic mass is 10.1. The van der Waals surface area contributed by atoms with Gasteiger partial charge in [0.25, 0.3) is 5.91 Å². The third kappa shape index (κ3) is 8.71. The third-order valence-electron chi connectivity index (χ3n) is 3.32. The molecule has 0 saturated heterocycles. The van der Waals surface area contributed by atoms with Gasteiger partial charge in [-0.25, -0.2) is 9.13 Å². The zero-order valence-corrected chi connectivity index (χ0v) is 18.6. The Hall–Kier alpha value is -1.49. The summed E-state index contributed by atoms with van der Waals surface area (Å²) in [5.74, 6) is -1.92. The smallest absolute Gasteiger partial charge is 0.475 e. The minimum Gasteiger partial charge on any atom is -0.504 e. The van der Waals surface area contributed by atoms with E-state index < -0.39 is 45.8 Å². The molecule has 4 N–H and O–H groups in total. The maximum Gasteiger partial charge on any atom is 0.475 e. The van der Waals surface area contributed by atoms with Gasteiger partial charge in [0.2, 0.25) is 0 Å². The van der Waals surface area contributed by atoms with Crippen molar-refractivity contribution in [2.45, 2.75) is 26.9 Å². The summed E-state index contributed by atoms with van der Waals surface area (Å²) in [6.45, 7) is 3.52. The molecule has 0 bridgehead atoms. The first-order chi connectivity index (χ1) is 14.1. The molecule has 172 valence electrons. The van der Waals surface area contributed by atoms with Crippen molar-refractivity contribution in [2.75, 3.05) is 33.0 Å². The summed E-state index contributed by atoms with van der Waals surface area (Å²) in [6.07, 6.45) is -1.25. The Labute approximate surface area is 174 Å². The second-order valence-electron chi connectivity index (χ2n) is 5.58. The van der Waals surface area contributed by atoms with Crippen molar-refractivity contribution in [3.63, 3.8) is 0 Å². The molecule has 14 heteroatoms. The number of benzene rings is 1. The average Bonchev–Trinajstić information content (AvgIpc) is 2.66. The number of hydrogen-bond donors (Lipinski definition) is 4. The Morgan fingerprint density at radius 1 is 1.03 bits per heavy atom. The van der Waals surface area contributed by atoms with E-state index in [-0.39, 0.29) is 31.9 Å². The molecule has 2 unspecified atom stereocenters. The summed E-state index contributed by atoms with van der Waals surface area (Å²) in [6, 6.07) is 3.81. The summed E-state index contributed by atoms with van der Waals surface area (Å²) in [7, 11) is -8.45. The minimum atomic E-state index is -4.40. The van der Waals surface area contributed by atoms with Gasteiger partial charge < -0.3 is 20.4 Å². The van der Waals surface area contributed by atoms with Crippen LogP contribution in [0.4, 0.5) is 0 Å². The lowest BCUT2D eigenvalue weighted by molar-refractivity contribution is 0.0437. The topological polar surface area (TPSA) is 170 Å². The molecular formula is C16H27NO11P2. The van der Waals surface area contributed by atoms with E-state index in [1.807, 2.05) is 0 Å². The molecule has 12 nitrogen and oxygen atoms in total. The van der Waals surface area contributed by atoms with Crippen LogP contribution >= 0.6 is 15.6 Å². The summed E-state index contributed by atoms with van der Waals surface area (Å²) in [5.41, 5.74) is -0.227. The van der Waals surface area contributed by atoms with Crippen LogP contribution in [0.2, 0.25) is 0 Å². The van der Waals surface area contributed by atoms with Crippen LogP contribution in [0.25, 0.3) is 0 Å². The summed E-state index contributed by atoms with van der Waals surface area (Å²) < 4.78 is 49.1. The first kappa shape index (κ1) is 26.5. The van der Waals surface area contributed by atoms with Crippen LogP contribution in [0.5, 0.6) is 11.5 Å². The highest BCUT2D eigenvalue weighted by Gasteiger charge is 2.32. The zero-order valence-electron chi connectivity index (χ0n) is 16.8. The van der Waals surface area contributed by atoms with Crippen molar-refractivity contribution in [1.82, 2.24) is 5.32 Å². The third-order valence-corrected chi connectivity index (χ3v) is 6.08. The first-order valence-corrected chi connectivity index (χ1v) is 12.0. The second-order valence-corrected chi connectivity index (χ2v) is 8.65. The molecule has 0 aliphatic rings.